The van der Waals surface area contributed by atoms with Crippen LogP contribution in [0.5, 0.6) is 5.75 Å². The van der Waals surface area contributed by atoms with Crippen molar-refractivity contribution >= 4 is 0 Å². The lowest BCUT2D eigenvalue weighted by Crippen LogP contribution is -2.10. The van der Waals surface area contributed by atoms with E-state index in [2.05, 4.69) is 6.92 Å². The summed E-state index contributed by atoms with van der Waals surface area (Å²) in [6, 6.07) is 11.5. The number of furan rings is 1. The fourth-order valence-corrected chi connectivity index (χ4v) is 1.85. The van der Waals surface area contributed by atoms with Gasteiger partial charge in [0.1, 0.15) is 17.3 Å². The van der Waals surface area contributed by atoms with Crippen molar-refractivity contribution in [2.45, 2.75) is 26.3 Å². The Kier molecular flexibility index (Phi) is 4.05. The van der Waals surface area contributed by atoms with Crippen LogP contribution in [0, 0.1) is 0 Å². The molecule has 0 aliphatic heterocycles. The van der Waals surface area contributed by atoms with E-state index in [4.69, 9.17) is 14.9 Å². The molecule has 0 saturated carbocycles. The van der Waals surface area contributed by atoms with E-state index in [1.807, 2.05) is 43.3 Å². The molecule has 0 fully saturated rings. The molecule has 3 heteroatoms. The molecule has 0 amide bonds. The van der Waals surface area contributed by atoms with Crippen LogP contribution in [0.3, 0.4) is 0 Å². The van der Waals surface area contributed by atoms with E-state index in [1.54, 1.807) is 0 Å². The summed E-state index contributed by atoms with van der Waals surface area (Å²) in [5.41, 5.74) is 7.20. The summed E-state index contributed by atoms with van der Waals surface area (Å²) in [4.78, 5) is 0. The maximum atomic E-state index is 6.17. The monoisotopic (exact) mass is 245 g/mol. The Labute approximate surface area is 108 Å². The molecule has 3 nitrogen and oxygen atoms in total. The fourth-order valence-electron chi connectivity index (χ4n) is 1.85. The molecule has 1 aromatic carbocycles. The first-order valence-corrected chi connectivity index (χ1v) is 6.31. The second-order valence-corrected chi connectivity index (χ2v) is 4.14. The number of benzene rings is 1. The van der Waals surface area contributed by atoms with Crippen molar-refractivity contribution in [3.05, 3.63) is 53.5 Å². The minimum Gasteiger partial charge on any atom is -0.494 e. The van der Waals surface area contributed by atoms with Crippen molar-refractivity contribution in [2.24, 2.45) is 5.73 Å². The minimum absolute atomic E-state index is 0.221. The van der Waals surface area contributed by atoms with E-state index in [0.29, 0.717) is 6.61 Å². The van der Waals surface area contributed by atoms with E-state index in [1.165, 1.54) is 0 Å². The normalized spacial score (nSPS) is 12.4. The van der Waals surface area contributed by atoms with Crippen LogP contribution in [0.25, 0.3) is 0 Å². The van der Waals surface area contributed by atoms with Gasteiger partial charge in [-0.25, -0.2) is 0 Å². The molecule has 0 bridgehead atoms. The Balaban J connectivity index is 2.14. The molecule has 0 radical (unpaired) electrons. The van der Waals surface area contributed by atoms with Crippen LogP contribution >= 0.6 is 0 Å². The van der Waals surface area contributed by atoms with Gasteiger partial charge in [-0.15, -0.1) is 0 Å². The van der Waals surface area contributed by atoms with Gasteiger partial charge in [-0.3, -0.25) is 0 Å². The Morgan fingerprint density at radius 3 is 2.39 bits per heavy atom. The highest BCUT2D eigenvalue weighted by molar-refractivity contribution is 5.32. The number of hydrogen-bond acceptors (Lipinski definition) is 3. The lowest BCUT2D eigenvalue weighted by atomic mass is 10.1. The van der Waals surface area contributed by atoms with Gasteiger partial charge < -0.3 is 14.9 Å². The molecule has 2 N–H and O–H groups in total. The van der Waals surface area contributed by atoms with E-state index in [9.17, 15) is 0 Å². The molecule has 0 aliphatic rings. The van der Waals surface area contributed by atoms with Gasteiger partial charge in [0.25, 0.3) is 0 Å². The number of hydrogen-bond donors (Lipinski definition) is 1. The van der Waals surface area contributed by atoms with Crippen LogP contribution in [0.2, 0.25) is 0 Å². The summed E-state index contributed by atoms with van der Waals surface area (Å²) in [6.07, 6.45) is 0.885. The third kappa shape index (κ3) is 2.74. The molecule has 0 saturated heterocycles. The second kappa shape index (κ2) is 5.74. The van der Waals surface area contributed by atoms with Crippen molar-refractivity contribution in [1.82, 2.24) is 0 Å². The Bertz CT molecular complexity index is 487. The molecular weight excluding hydrogens is 226 g/mol. The maximum absolute atomic E-state index is 6.17. The smallest absolute Gasteiger partial charge is 0.125 e. The third-order valence-electron chi connectivity index (χ3n) is 2.89. The van der Waals surface area contributed by atoms with E-state index in [0.717, 1.165) is 29.3 Å². The molecular formula is C15H19NO2. The highest BCUT2D eigenvalue weighted by Crippen LogP contribution is 2.23. The zero-order valence-corrected chi connectivity index (χ0v) is 10.8. The molecule has 0 aliphatic carbocycles. The predicted molar refractivity (Wildman–Crippen MR) is 71.7 cm³/mol. The molecule has 1 atom stereocenters. The fraction of sp³-hybridized carbons (Fsp3) is 0.333. The molecule has 1 aromatic heterocycles. The van der Waals surface area contributed by atoms with Gasteiger partial charge in [-0.2, -0.15) is 0 Å². The topological polar surface area (TPSA) is 48.4 Å². The quantitative estimate of drug-likeness (QED) is 0.879. The first-order chi connectivity index (χ1) is 8.74. The standard InChI is InChI=1S/C15H19NO2/c1-3-12-9-10-14(18-12)15(16)11-5-7-13(8-6-11)17-4-2/h5-10,15H,3-4,16H2,1-2H3. The van der Waals surface area contributed by atoms with E-state index in [-0.39, 0.29) is 6.04 Å². The second-order valence-electron chi connectivity index (χ2n) is 4.14. The average Bonchev–Trinajstić information content (AvgIpc) is 2.88. The van der Waals surface area contributed by atoms with Gasteiger partial charge in [-0.05, 0) is 36.8 Å². The van der Waals surface area contributed by atoms with Crippen LogP contribution < -0.4 is 10.5 Å². The molecule has 96 valence electrons. The van der Waals surface area contributed by atoms with E-state index >= 15 is 0 Å². The first kappa shape index (κ1) is 12.7. The minimum atomic E-state index is -0.221. The van der Waals surface area contributed by atoms with Crippen LogP contribution in [-0.2, 0) is 6.42 Å². The zero-order chi connectivity index (χ0) is 13.0. The van der Waals surface area contributed by atoms with Crippen molar-refractivity contribution in [2.75, 3.05) is 6.61 Å². The number of rotatable bonds is 5. The number of nitrogens with two attached hydrogens (primary N) is 1. The van der Waals surface area contributed by atoms with Gasteiger partial charge in [-0.1, -0.05) is 19.1 Å². The lowest BCUT2D eigenvalue weighted by molar-refractivity contribution is 0.340. The Hall–Kier alpha value is -1.74. The SMILES string of the molecule is CCOc1ccc(C(N)c2ccc(CC)o2)cc1. The third-order valence-corrected chi connectivity index (χ3v) is 2.89. The maximum Gasteiger partial charge on any atom is 0.125 e. The summed E-state index contributed by atoms with van der Waals surface area (Å²) < 4.78 is 11.1. The van der Waals surface area contributed by atoms with Crippen molar-refractivity contribution in [3.63, 3.8) is 0 Å². The largest absolute Gasteiger partial charge is 0.494 e. The van der Waals surface area contributed by atoms with Crippen molar-refractivity contribution < 1.29 is 9.15 Å². The number of ether oxygens (including phenoxy) is 1. The zero-order valence-electron chi connectivity index (χ0n) is 10.8. The van der Waals surface area contributed by atoms with Crippen molar-refractivity contribution in [1.29, 1.82) is 0 Å². The summed E-state index contributed by atoms with van der Waals surface area (Å²) in [6.45, 7) is 4.70. The van der Waals surface area contributed by atoms with Crippen molar-refractivity contribution in [3.8, 4) is 5.75 Å². The highest BCUT2D eigenvalue weighted by Gasteiger charge is 2.12. The van der Waals surface area contributed by atoms with E-state index < -0.39 is 0 Å². The van der Waals surface area contributed by atoms with Gasteiger partial charge in [0.2, 0.25) is 0 Å². The summed E-state index contributed by atoms with van der Waals surface area (Å²) in [5.74, 6) is 2.63. The molecule has 1 heterocycles. The van der Waals surface area contributed by atoms with Gasteiger partial charge >= 0.3 is 0 Å². The molecule has 2 rings (SSSR count). The van der Waals surface area contributed by atoms with Gasteiger partial charge in [0.15, 0.2) is 0 Å². The molecule has 1 unspecified atom stereocenters. The molecule has 2 aromatic rings. The summed E-state index contributed by atoms with van der Waals surface area (Å²) >= 11 is 0. The Morgan fingerprint density at radius 1 is 1.11 bits per heavy atom. The van der Waals surface area contributed by atoms with Gasteiger partial charge in [0.05, 0.1) is 12.6 Å². The predicted octanol–water partition coefficient (Wildman–Crippen LogP) is 3.29. The Morgan fingerprint density at radius 2 is 1.83 bits per heavy atom. The van der Waals surface area contributed by atoms with Gasteiger partial charge in [0, 0.05) is 6.42 Å². The summed E-state index contributed by atoms with van der Waals surface area (Å²) in [5, 5.41) is 0. The van der Waals surface area contributed by atoms with Crippen LogP contribution in [0.4, 0.5) is 0 Å². The van der Waals surface area contributed by atoms with Crippen LogP contribution in [0.1, 0.15) is 37.0 Å². The molecule has 0 spiro atoms. The first-order valence-electron chi connectivity index (χ1n) is 6.31. The lowest BCUT2D eigenvalue weighted by Gasteiger charge is -2.10. The molecule has 18 heavy (non-hydrogen) atoms. The van der Waals surface area contributed by atoms with Crippen LogP contribution in [0.15, 0.2) is 40.8 Å². The summed E-state index contributed by atoms with van der Waals surface area (Å²) in [7, 11) is 0. The average molecular weight is 245 g/mol. The number of aryl methyl sites for hydroxylation is 1. The highest BCUT2D eigenvalue weighted by atomic mass is 16.5. The van der Waals surface area contributed by atoms with Crippen LogP contribution in [-0.4, -0.2) is 6.61 Å².